The van der Waals surface area contributed by atoms with Crippen molar-refractivity contribution in [1.82, 2.24) is 0 Å². The molecule has 1 heterocycles. The summed E-state index contributed by atoms with van der Waals surface area (Å²) >= 11 is 0. The second-order valence-electron chi connectivity index (χ2n) is 6.47. The second-order valence-corrected chi connectivity index (χ2v) is 6.47. The van der Waals surface area contributed by atoms with Crippen LogP contribution in [0.25, 0.3) is 0 Å². The molecule has 3 rings (SSSR count). The molecule has 2 aliphatic rings. The van der Waals surface area contributed by atoms with Crippen LogP contribution in [0.4, 0.5) is 0 Å². The Balaban J connectivity index is 2.21. The molecule has 24 heavy (non-hydrogen) atoms. The molecule has 0 amide bonds. The van der Waals surface area contributed by atoms with Gasteiger partial charge >= 0.3 is 0 Å². The number of allylic oxidation sites excluding steroid dienone is 2. The highest BCUT2D eigenvalue weighted by atomic mass is 14.9. The second kappa shape index (κ2) is 6.92. The van der Waals surface area contributed by atoms with Gasteiger partial charge in [-0.1, -0.05) is 31.5 Å². The lowest BCUT2D eigenvalue weighted by atomic mass is 9.76. The maximum atomic E-state index is 9.84. The van der Waals surface area contributed by atoms with Crippen molar-refractivity contribution in [1.29, 1.82) is 5.26 Å². The molecule has 0 radical (unpaired) electrons. The smallest absolute Gasteiger partial charge is 0.129 e. The molecule has 1 aliphatic heterocycles. The highest BCUT2D eigenvalue weighted by Crippen LogP contribution is 2.41. The summed E-state index contributed by atoms with van der Waals surface area (Å²) in [4.78, 5) is 4.47. The summed E-state index contributed by atoms with van der Waals surface area (Å²) in [6.45, 7) is 2.08. The van der Waals surface area contributed by atoms with E-state index in [0.717, 1.165) is 37.0 Å². The highest BCUT2D eigenvalue weighted by molar-refractivity contribution is 6.01. The minimum absolute atomic E-state index is 0.188. The largest absolute Gasteiger partial charge is 0.404 e. The van der Waals surface area contributed by atoms with Crippen molar-refractivity contribution >= 4 is 5.84 Å². The van der Waals surface area contributed by atoms with Gasteiger partial charge in [-0.25, -0.2) is 4.99 Å². The van der Waals surface area contributed by atoms with E-state index >= 15 is 0 Å². The lowest BCUT2D eigenvalue weighted by Gasteiger charge is -2.29. The first-order valence-corrected chi connectivity index (χ1v) is 8.71. The summed E-state index contributed by atoms with van der Waals surface area (Å²) in [7, 11) is 0. The Labute approximate surface area is 143 Å². The van der Waals surface area contributed by atoms with E-state index in [0.29, 0.717) is 11.4 Å². The van der Waals surface area contributed by atoms with Crippen LogP contribution in [-0.4, -0.2) is 5.84 Å². The normalized spacial score (nSPS) is 22.1. The third-order valence-corrected chi connectivity index (χ3v) is 4.99. The summed E-state index contributed by atoms with van der Waals surface area (Å²) in [5.41, 5.74) is 18.3. The molecule has 1 aromatic rings. The van der Waals surface area contributed by atoms with Crippen molar-refractivity contribution in [3.63, 3.8) is 0 Å². The Hall–Kier alpha value is -2.54. The summed E-state index contributed by atoms with van der Waals surface area (Å²) in [5, 5.41) is 9.84. The summed E-state index contributed by atoms with van der Waals surface area (Å²) in [5.74, 6) is 0.255. The summed E-state index contributed by atoms with van der Waals surface area (Å²) in [6, 6.07) is 8.81. The predicted octanol–water partition coefficient (Wildman–Crippen LogP) is 3.44. The molecule has 4 N–H and O–H groups in total. The maximum absolute atomic E-state index is 9.84. The van der Waals surface area contributed by atoms with Crippen LogP contribution >= 0.6 is 0 Å². The molecule has 0 spiro atoms. The van der Waals surface area contributed by atoms with E-state index in [1.807, 2.05) is 0 Å². The van der Waals surface area contributed by atoms with Gasteiger partial charge in [0.2, 0.25) is 0 Å². The first kappa shape index (κ1) is 16.3. The average Bonchev–Trinajstić information content (AvgIpc) is 2.61. The van der Waals surface area contributed by atoms with Crippen LogP contribution in [0.3, 0.4) is 0 Å². The van der Waals surface area contributed by atoms with E-state index in [1.165, 1.54) is 35.7 Å². The number of hydrogen-bond donors (Lipinski definition) is 2. The van der Waals surface area contributed by atoms with Crippen LogP contribution in [0.2, 0.25) is 0 Å². The summed E-state index contributed by atoms with van der Waals surface area (Å²) in [6.07, 6.45) is 7.78. The SMILES string of the molecule is CCCC1=C(C#N)C(c2cccc3c2CCCC3)/C(=C/N)C(N)=N1. The number of fused-ring (bicyclic) bond motifs is 1. The van der Waals surface area contributed by atoms with E-state index < -0.39 is 0 Å². The van der Waals surface area contributed by atoms with Crippen molar-refractivity contribution in [2.24, 2.45) is 16.5 Å². The number of nitriles is 1. The third kappa shape index (κ3) is 2.71. The van der Waals surface area contributed by atoms with Crippen LogP contribution in [0.1, 0.15) is 55.2 Å². The molecule has 4 heteroatoms. The maximum Gasteiger partial charge on any atom is 0.129 e. The molecule has 0 aromatic heterocycles. The van der Waals surface area contributed by atoms with Gasteiger partial charge in [0, 0.05) is 11.8 Å². The molecule has 0 saturated carbocycles. The third-order valence-electron chi connectivity index (χ3n) is 4.99. The average molecular weight is 320 g/mol. The van der Waals surface area contributed by atoms with Crippen molar-refractivity contribution in [3.8, 4) is 6.07 Å². The Morgan fingerprint density at radius 1 is 1.33 bits per heavy atom. The first-order valence-electron chi connectivity index (χ1n) is 8.71. The van der Waals surface area contributed by atoms with Crippen LogP contribution < -0.4 is 11.5 Å². The van der Waals surface area contributed by atoms with E-state index in [-0.39, 0.29) is 5.92 Å². The molecule has 1 aromatic carbocycles. The Kier molecular flexibility index (Phi) is 4.71. The summed E-state index contributed by atoms with van der Waals surface area (Å²) < 4.78 is 0. The van der Waals surface area contributed by atoms with Crippen molar-refractivity contribution in [2.45, 2.75) is 51.4 Å². The van der Waals surface area contributed by atoms with Gasteiger partial charge in [-0.2, -0.15) is 5.26 Å². The minimum atomic E-state index is -0.188. The quantitative estimate of drug-likeness (QED) is 0.894. The molecular weight excluding hydrogens is 296 g/mol. The molecule has 0 bridgehead atoms. The van der Waals surface area contributed by atoms with Crippen LogP contribution in [-0.2, 0) is 12.8 Å². The minimum Gasteiger partial charge on any atom is -0.404 e. The topological polar surface area (TPSA) is 88.2 Å². The number of amidine groups is 1. The van der Waals surface area contributed by atoms with Gasteiger partial charge in [0.05, 0.1) is 23.3 Å². The molecule has 1 atom stereocenters. The van der Waals surface area contributed by atoms with Crippen molar-refractivity contribution in [2.75, 3.05) is 0 Å². The van der Waals surface area contributed by atoms with Gasteiger partial charge in [-0.05, 0) is 48.8 Å². The Morgan fingerprint density at radius 3 is 2.83 bits per heavy atom. The predicted molar refractivity (Wildman–Crippen MR) is 97.3 cm³/mol. The number of nitrogens with two attached hydrogens (primary N) is 2. The van der Waals surface area contributed by atoms with Gasteiger partial charge in [0.15, 0.2) is 0 Å². The zero-order valence-electron chi connectivity index (χ0n) is 14.2. The number of hydrogen-bond acceptors (Lipinski definition) is 4. The van der Waals surface area contributed by atoms with Gasteiger partial charge in [0.1, 0.15) is 5.84 Å². The molecule has 124 valence electrons. The van der Waals surface area contributed by atoms with E-state index in [1.54, 1.807) is 0 Å². The van der Waals surface area contributed by atoms with Gasteiger partial charge in [-0.15, -0.1) is 0 Å². The number of benzene rings is 1. The molecule has 1 unspecified atom stereocenters. The lowest BCUT2D eigenvalue weighted by Crippen LogP contribution is -2.27. The fourth-order valence-corrected chi connectivity index (χ4v) is 3.88. The molecule has 1 aliphatic carbocycles. The van der Waals surface area contributed by atoms with Crippen LogP contribution in [0.15, 0.2) is 46.2 Å². The number of aryl methyl sites for hydroxylation is 1. The molecular formula is C20H24N4. The fourth-order valence-electron chi connectivity index (χ4n) is 3.88. The number of nitrogens with zero attached hydrogens (tertiary/aromatic N) is 2. The van der Waals surface area contributed by atoms with Gasteiger partial charge in [0.25, 0.3) is 0 Å². The monoisotopic (exact) mass is 320 g/mol. The fraction of sp³-hybridized carbons (Fsp3) is 0.400. The zero-order valence-corrected chi connectivity index (χ0v) is 14.2. The molecule has 0 fully saturated rings. The van der Waals surface area contributed by atoms with Crippen LogP contribution in [0, 0.1) is 11.3 Å². The van der Waals surface area contributed by atoms with E-state index in [9.17, 15) is 5.26 Å². The van der Waals surface area contributed by atoms with Gasteiger partial charge in [-0.3, -0.25) is 0 Å². The Morgan fingerprint density at radius 2 is 2.12 bits per heavy atom. The van der Waals surface area contributed by atoms with Crippen LogP contribution in [0.5, 0.6) is 0 Å². The first-order chi connectivity index (χ1) is 11.7. The molecule has 4 nitrogen and oxygen atoms in total. The lowest BCUT2D eigenvalue weighted by molar-refractivity contribution is 0.675. The van der Waals surface area contributed by atoms with Gasteiger partial charge < -0.3 is 11.5 Å². The standard InChI is InChI=1S/C20H24N4/c1-2-6-18-16(11-21)19(17(12-22)20(23)24-18)15-10-5-8-13-7-3-4-9-14(13)15/h5,8,10,12,19H,2-4,6-7,9,22H2,1H3,(H2,23,24)/b17-12-. The number of rotatable bonds is 3. The zero-order chi connectivity index (χ0) is 17.1. The number of aliphatic imine (C=N–C) groups is 1. The Bertz CT molecular complexity index is 777. The van der Waals surface area contributed by atoms with E-state index in [2.05, 4.69) is 36.2 Å². The molecule has 0 saturated heterocycles. The van der Waals surface area contributed by atoms with Crippen molar-refractivity contribution in [3.05, 3.63) is 57.9 Å². The van der Waals surface area contributed by atoms with E-state index in [4.69, 9.17) is 11.5 Å². The highest BCUT2D eigenvalue weighted by Gasteiger charge is 2.32. The van der Waals surface area contributed by atoms with Crippen molar-refractivity contribution < 1.29 is 0 Å².